The Bertz CT molecular complexity index is 1020. The van der Waals surface area contributed by atoms with Crippen LogP contribution in [0.4, 0.5) is 0 Å². The molecule has 0 aromatic heterocycles. The summed E-state index contributed by atoms with van der Waals surface area (Å²) in [5, 5.41) is 3.58. The molecular formula is C29H33ClN2O2. The van der Waals surface area contributed by atoms with Crippen LogP contribution in [0, 0.1) is 0 Å². The van der Waals surface area contributed by atoms with Crippen molar-refractivity contribution >= 4 is 23.4 Å². The lowest BCUT2D eigenvalue weighted by Crippen LogP contribution is -2.48. The van der Waals surface area contributed by atoms with Crippen molar-refractivity contribution in [3.05, 3.63) is 107 Å². The van der Waals surface area contributed by atoms with E-state index in [0.717, 1.165) is 29.5 Å². The van der Waals surface area contributed by atoms with Crippen LogP contribution in [0.25, 0.3) is 0 Å². The van der Waals surface area contributed by atoms with Crippen LogP contribution in [-0.4, -0.2) is 29.3 Å². The van der Waals surface area contributed by atoms with Crippen LogP contribution in [0.3, 0.4) is 0 Å². The van der Waals surface area contributed by atoms with Crippen LogP contribution in [-0.2, 0) is 16.1 Å². The lowest BCUT2D eigenvalue weighted by atomic mass is 9.88. The second-order valence-corrected chi connectivity index (χ2v) is 8.99. The molecule has 5 heteroatoms. The SMILES string of the molecule is CCCCNC(=O)[C@H](C)N(Cc1cccc(Cl)c1)C(=O)CC(c1ccccc1)c1ccccc1. The summed E-state index contributed by atoms with van der Waals surface area (Å²) in [6.45, 7) is 4.80. The lowest BCUT2D eigenvalue weighted by molar-refractivity contribution is -0.140. The topological polar surface area (TPSA) is 49.4 Å². The van der Waals surface area contributed by atoms with Crippen molar-refractivity contribution in [3.8, 4) is 0 Å². The van der Waals surface area contributed by atoms with E-state index >= 15 is 0 Å². The molecule has 178 valence electrons. The largest absolute Gasteiger partial charge is 0.354 e. The predicted molar refractivity (Wildman–Crippen MR) is 139 cm³/mol. The Balaban J connectivity index is 1.88. The van der Waals surface area contributed by atoms with Gasteiger partial charge in [0.15, 0.2) is 0 Å². The molecule has 0 unspecified atom stereocenters. The molecule has 1 atom stereocenters. The van der Waals surface area contributed by atoms with Gasteiger partial charge in [-0.1, -0.05) is 97.7 Å². The Hall–Kier alpha value is -3.11. The molecule has 0 radical (unpaired) electrons. The van der Waals surface area contributed by atoms with Gasteiger partial charge in [-0.25, -0.2) is 0 Å². The maximum Gasteiger partial charge on any atom is 0.242 e. The smallest absolute Gasteiger partial charge is 0.242 e. The molecule has 3 aromatic rings. The average molecular weight is 477 g/mol. The van der Waals surface area contributed by atoms with E-state index in [4.69, 9.17) is 11.6 Å². The molecule has 0 saturated heterocycles. The highest BCUT2D eigenvalue weighted by Crippen LogP contribution is 2.29. The van der Waals surface area contributed by atoms with Gasteiger partial charge in [-0.05, 0) is 42.2 Å². The molecule has 3 aromatic carbocycles. The zero-order valence-electron chi connectivity index (χ0n) is 19.9. The maximum atomic E-state index is 13.8. The third-order valence-corrected chi connectivity index (χ3v) is 6.26. The van der Waals surface area contributed by atoms with Crippen molar-refractivity contribution in [2.45, 2.75) is 51.6 Å². The number of halogens is 1. The molecule has 0 fully saturated rings. The summed E-state index contributed by atoms with van der Waals surface area (Å²) >= 11 is 6.20. The normalized spacial score (nSPS) is 11.8. The van der Waals surface area contributed by atoms with Crippen LogP contribution < -0.4 is 5.32 Å². The van der Waals surface area contributed by atoms with Gasteiger partial charge in [-0.15, -0.1) is 0 Å². The standard InChI is InChI=1S/C29H33ClN2O2/c1-3-4-18-31-29(34)22(2)32(21-23-12-11-17-26(30)19-23)28(33)20-27(24-13-7-5-8-14-24)25-15-9-6-10-16-25/h5-17,19,22,27H,3-4,18,20-21H2,1-2H3,(H,31,34)/t22-/m0/s1. The first-order chi connectivity index (χ1) is 16.5. The van der Waals surface area contributed by atoms with Crippen LogP contribution >= 0.6 is 11.6 Å². The van der Waals surface area contributed by atoms with Gasteiger partial charge >= 0.3 is 0 Å². The van der Waals surface area contributed by atoms with E-state index < -0.39 is 6.04 Å². The van der Waals surface area contributed by atoms with E-state index in [0.29, 0.717) is 18.1 Å². The number of carbonyl (C=O) groups is 2. The highest BCUT2D eigenvalue weighted by molar-refractivity contribution is 6.30. The fourth-order valence-corrected chi connectivity index (χ4v) is 4.25. The van der Waals surface area contributed by atoms with E-state index in [-0.39, 0.29) is 24.2 Å². The Labute approximate surface area is 207 Å². The van der Waals surface area contributed by atoms with Gasteiger partial charge in [-0.3, -0.25) is 9.59 Å². The molecule has 0 spiro atoms. The number of nitrogens with zero attached hydrogens (tertiary/aromatic N) is 1. The summed E-state index contributed by atoms with van der Waals surface area (Å²) < 4.78 is 0. The summed E-state index contributed by atoms with van der Waals surface area (Å²) in [5.74, 6) is -0.317. The van der Waals surface area contributed by atoms with Gasteiger partial charge < -0.3 is 10.2 Å². The van der Waals surface area contributed by atoms with Crippen molar-refractivity contribution in [1.29, 1.82) is 0 Å². The Morgan fingerprint density at radius 1 is 0.912 bits per heavy atom. The molecule has 0 heterocycles. The molecule has 0 bridgehead atoms. The lowest BCUT2D eigenvalue weighted by Gasteiger charge is -2.30. The van der Waals surface area contributed by atoms with E-state index in [9.17, 15) is 9.59 Å². The monoisotopic (exact) mass is 476 g/mol. The van der Waals surface area contributed by atoms with Crippen molar-refractivity contribution in [3.63, 3.8) is 0 Å². The van der Waals surface area contributed by atoms with E-state index in [1.807, 2.05) is 78.9 Å². The van der Waals surface area contributed by atoms with Crippen molar-refractivity contribution < 1.29 is 9.59 Å². The third-order valence-electron chi connectivity index (χ3n) is 6.02. The van der Waals surface area contributed by atoms with Gasteiger partial charge in [0.1, 0.15) is 6.04 Å². The zero-order chi connectivity index (χ0) is 24.3. The fraction of sp³-hybridized carbons (Fsp3) is 0.310. The molecule has 3 rings (SSSR count). The van der Waals surface area contributed by atoms with Crippen LogP contribution in [0.15, 0.2) is 84.9 Å². The second-order valence-electron chi connectivity index (χ2n) is 8.55. The van der Waals surface area contributed by atoms with Crippen molar-refractivity contribution in [1.82, 2.24) is 10.2 Å². The fourth-order valence-electron chi connectivity index (χ4n) is 4.04. The van der Waals surface area contributed by atoms with Crippen LogP contribution in [0.2, 0.25) is 5.02 Å². The predicted octanol–water partition coefficient (Wildman–Crippen LogP) is 6.20. The average Bonchev–Trinajstić information content (AvgIpc) is 2.86. The number of rotatable bonds is 11. The Morgan fingerprint density at radius 2 is 1.53 bits per heavy atom. The number of carbonyl (C=O) groups excluding carboxylic acids is 2. The van der Waals surface area contributed by atoms with Crippen molar-refractivity contribution in [2.24, 2.45) is 0 Å². The van der Waals surface area contributed by atoms with Gasteiger partial charge in [0.2, 0.25) is 11.8 Å². The molecule has 2 amide bonds. The maximum absolute atomic E-state index is 13.8. The molecule has 4 nitrogen and oxygen atoms in total. The van der Waals surface area contributed by atoms with Gasteiger partial charge in [0.05, 0.1) is 0 Å². The number of nitrogens with one attached hydrogen (secondary N) is 1. The summed E-state index contributed by atoms with van der Waals surface area (Å²) in [7, 11) is 0. The third kappa shape index (κ3) is 7.19. The highest BCUT2D eigenvalue weighted by atomic mass is 35.5. The minimum atomic E-state index is -0.601. The zero-order valence-corrected chi connectivity index (χ0v) is 20.7. The van der Waals surface area contributed by atoms with Gasteiger partial charge in [0, 0.05) is 30.5 Å². The highest BCUT2D eigenvalue weighted by Gasteiger charge is 2.29. The summed E-state index contributed by atoms with van der Waals surface area (Å²) in [4.78, 5) is 28.4. The van der Waals surface area contributed by atoms with Gasteiger partial charge in [0.25, 0.3) is 0 Å². The Morgan fingerprint density at radius 3 is 2.09 bits per heavy atom. The summed E-state index contributed by atoms with van der Waals surface area (Å²) in [6, 6.07) is 26.9. The second kappa shape index (κ2) is 13.0. The first kappa shape index (κ1) is 25.5. The molecule has 34 heavy (non-hydrogen) atoms. The van der Waals surface area contributed by atoms with Crippen LogP contribution in [0.5, 0.6) is 0 Å². The van der Waals surface area contributed by atoms with E-state index in [2.05, 4.69) is 12.2 Å². The molecule has 0 aliphatic carbocycles. The minimum Gasteiger partial charge on any atom is -0.354 e. The molecular weight excluding hydrogens is 444 g/mol. The van der Waals surface area contributed by atoms with E-state index in [1.165, 1.54) is 0 Å². The number of amides is 2. The summed E-state index contributed by atoms with van der Waals surface area (Å²) in [6.07, 6.45) is 2.17. The summed E-state index contributed by atoms with van der Waals surface area (Å²) in [5.41, 5.74) is 3.04. The molecule has 0 aliphatic rings. The molecule has 0 saturated carbocycles. The number of benzene rings is 3. The van der Waals surface area contributed by atoms with Crippen LogP contribution in [0.1, 0.15) is 55.7 Å². The number of hydrogen-bond donors (Lipinski definition) is 1. The van der Waals surface area contributed by atoms with Gasteiger partial charge in [-0.2, -0.15) is 0 Å². The minimum absolute atomic E-state index is 0.0733. The van der Waals surface area contributed by atoms with Crippen molar-refractivity contribution in [2.75, 3.05) is 6.54 Å². The first-order valence-electron chi connectivity index (χ1n) is 11.9. The quantitative estimate of drug-likeness (QED) is 0.335. The molecule has 1 N–H and O–H groups in total. The Kier molecular flexibility index (Phi) is 9.72. The first-order valence-corrected chi connectivity index (χ1v) is 12.3. The molecule has 0 aliphatic heterocycles. The number of unbranched alkanes of at least 4 members (excludes halogenated alkanes) is 1. The number of hydrogen-bond acceptors (Lipinski definition) is 2. The van der Waals surface area contributed by atoms with E-state index in [1.54, 1.807) is 17.9 Å².